The lowest BCUT2D eigenvalue weighted by molar-refractivity contribution is 0.534. The first-order valence-electron chi connectivity index (χ1n) is 5.56. The molecule has 18 heavy (non-hydrogen) atoms. The zero-order chi connectivity index (χ0) is 13.2. The molecule has 0 radical (unpaired) electrons. The normalized spacial score (nSPS) is 14.1. The summed E-state index contributed by atoms with van der Waals surface area (Å²) in [6.07, 6.45) is 0.714. The van der Waals surface area contributed by atoms with Crippen molar-refractivity contribution in [2.45, 2.75) is 18.2 Å². The molecule has 0 spiro atoms. The Balaban J connectivity index is 2.39. The van der Waals surface area contributed by atoms with E-state index < -0.39 is 8.77 Å². The minimum atomic E-state index is -3.55. The molecule has 0 amide bonds. The van der Waals surface area contributed by atoms with Crippen LogP contribution in [-0.2, 0) is 26.4 Å². The van der Waals surface area contributed by atoms with Crippen LogP contribution in [0.3, 0.4) is 0 Å². The van der Waals surface area contributed by atoms with Crippen LogP contribution in [0.25, 0.3) is 0 Å². The summed E-state index contributed by atoms with van der Waals surface area (Å²) in [4.78, 5) is 0.203. The van der Waals surface area contributed by atoms with Gasteiger partial charge in [-0.1, -0.05) is 36.4 Å². The molecule has 0 aliphatic heterocycles. The maximum Gasteiger partial charge on any atom is 0.0284 e. The standard InChI is InChI=1S/C14H14O2S2/c1-11-7-8-14(18(15,16)17)10-13(11)9-12-5-3-2-4-6-12/h2-8,10H,9H2,1H3,(H,15,16,17)/p-1. The van der Waals surface area contributed by atoms with E-state index in [0.29, 0.717) is 6.42 Å². The summed E-state index contributed by atoms with van der Waals surface area (Å²) in [5, 5.41) is 0. The molecule has 0 aliphatic rings. The molecule has 1 unspecified atom stereocenters. The van der Waals surface area contributed by atoms with Crippen LogP contribution in [-0.4, -0.2) is 8.76 Å². The van der Waals surface area contributed by atoms with Crippen molar-refractivity contribution >= 4 is 20.0 Å². The lowest BCUT2D eigenvalue weighted by Gasteiger charge is -2.14. The molecule has 0 aliphatic carbocycles. The van der Waals surface area contributed by atoms with E-state index in [4.69, 9.17) is 0 Å². The fourth-order valence-corrected chi connectivity index (χ4v) is 2.64. The predicted octanol–water partition coefficient (Wildman–Crippen LogP) is 2.82. The minimum Gasteiger partial charge on any atom is -0.766 e. The number of benzene rings is 2. The van der Waals surface area contributed by atoms with E-state index in [9.17, 15) is 8.76 Å². The Labute approximate surface area is 112 Å². The predicted molar refractivity (Wildman–Crippen MR) is 75.0 cm³/mol. The molecule has 2 aromatic carbocycles. The summed E-state index contributed by atoms with van der Waals surface area (Å²) in [6.45, 7) is 1.97. The van der Waals surface area contributed by atoms with Gasteiger partial charge in [-0.15, -0.1) is 0 Å². The van der Waals surface area contributed by atoms with Crippen LogP contribution in [0.5, 0.6) is 0 Å². The number of rotatable bonds is 3. The molecule has 4 heteroatoms. The highest BCUT2D eigenvalue weighted by molar-refractivity contribution is 8.29. The first-order chi connectivity index (χ1) is 8.47. The van der Waals surface area contributed by atoms with Crippen molar-refractivity contribution in [1.29, 1.82) is 0 Å². The maximum atomic E-state index is 11.4. The van der Waals surface area contributed by atoms with Gasteiger partial charge in [-0.3, -0.25) is 4.21 Å². The fraction of sp³-hybridized carbons (Fsp3) is 0.143. The lowest BCUT2D eigenvalue weighted by Crippen LogP contribution is -2.00. The molecule has 0 saturated carbocycles. The number of aryl methyl sites for hydroxylation is 1. The zero-order valence-electron chi connectivity index (χ0n) is 9.96. The van der Waals surface area contributed by atoms with Crippen LogP contribution in [0.15, 0.2) is 53.4 Å². The van der Waals surface area contributed by atoms with Gasteiger partial charge in [-0.25, -0.2) is 0 Å². The maximum absolute atomic E-state index is 11.4. The molecule has 2 rings (SSSR count). The number of hydrogen-bond donors (Lipinski definition) is 0. The van der Waals surface area contributed by atoms with E-state index in [0.717, 1.165) is 16.7 Å². The summed E-state index contributed by atoms with van der Waals surface area (Å²) >= 11 is 4.49. The Morgan fingerprint density at radius 1 is 1.17 bits per heavy atom. The number of hydrogen-bond acceptors (Lipinski definition) is 3. The summed E-state index contributed by atoms with van der Waals surface area (Å²) in [7, 11) is -3.55. The van der Waals surface area contributed by atoms with Gasteiger partial charge in [0.05, 0.1) is 0 Å². The molecule has 0 heterocycles. The Bertz CT molecular complexity index is 647. The van der Waals surface area contributed by atoms with Gasteiger partial charge in [0, 0.05) is 4.90 Å². The third kappa shape index (κ3) is 3.16. The Hall–Kier alpha value is -1.23. The lowest BCUT2D eigenvalue weighted by atomic mass is 10.0. The average molecular weight is 277 g/mol. The average Bonchev–Trinajstić information content (AvgIpc) is 2.32. The summed E-state index contributed by atoms with van der Waals surface area (Å²) in [5.41, 5.74) is 3.22. The molecule has 0 saturated heterocycles. The van der Waals surface area contributed by atoms with Crippen LogP contribution in [0.1, 0.15) is 16.7 Å². The quantitative estimate of drug-likeness (QED) is 0.866. The third-order valence-electron chi connectivity index (χ3n) is 2.85. The highest BCUT2D eigenvalue weighted by Crippen LogP contribution is 2.18. The zero-order valence-corrected chi connectivity index (χ0v) is 11.6. The van der Waals surface area contributed by atoms with Gasteiger partial charge >= 0.3 is 0 Å². The van der Waals surface area contributed by atoms with Crippen LogP contribution in [0, 0.1) is 6.92 Å². The summed E-state index contributed by atoms with van der Waals surface area (Å²) in [5.74, 6) is 0. The molecule has 94 valence electrons. The first-order valence-corrected chi connectivity index (χ1v) is 7.97. The Morgan fingerprint density at radius 3 is 2.44 bits per heavy atom. The second-order valence-electron chi connectivity index (χ2n) is 4.20. The van der Waals surface area contributed by atoms with Gasteiger partial charge in [0.25, 0.3) is 0 Å². The monoisotopic (exact) mass is 277 g/mol. The largest absolute Gasteiger partial charge is 0.766 e. The molecular formula is C14H13O2S2-. The van der Waals surface area contributed by atoms with Gasteiger partial charge in [0.15, 0.2) is 0 Å². The minimum absolute atomic E-state index is 0.203. The molecule has 2 nitrogen and oxygen atoms in total. The van der Waals surface area contributed by atoms with Crippen LogP contribution < -0.4 is 0 Å². The van der Waals surface area contributed by atoms with Crippen molar-refractivity contribution in [3.63, 3.8) is 0 Å². The highest BCUT2D eigenvalue weighted by Gasteiger charge is 2.04. The van der Waals surface area contributed by atoms with Gasteiger partial charge in [0.1, 0.15) is 0 Å². The van der Waals surface area contributed by atoms with Crippen LogP contribution >= 0.6 is 0 Å². The first kappa shape index (κ1) is 13.2. The highest BCUT2D eigenvalue weighted by atomic mass is 32.8. The van der Waals surface area contributed by atoms with Gasteiger partial charge in [0.2, 0.25) is 0 Å². The van der Waals surface area contributed by atoms with Crippen molar-refractivity contribution in [1.82, 2.24) is 0 Å². The summed E-state index contributed by atoms with van der Waals surface area (Å²) < 4.78 is 22.7. The molecular weight excluding hydrogens is 264 g/mol. The molecule has 0 fully saturated rings. The van der Waals surface area contributed by atoms with Crippen molar-refractivity contribution in [2.24, 2.45) is 0 Å². The second kappa shape index (κ2) is 5.18. The SMILES string of the molecule is Cc1ccc(S(=O)([O-])=S)cc1Cc1ccccc1. The van der Waals surface area contributed by atoms with Gasteiger partial charge in [-0.2, -0.15) is 0 Å². The topological polar surface area (TPSA) is 40.1 Å². The third-order valence-corrected chi connectivity index (χ3v) is 4.26. The smallest absolute Gasteiger partial charge is 0.0284 e. The molecule has 0 aromatic heterocycles. The van der Waals surface area contributed by atoms with E-state index >= 15 is 0 Å². The molecule has 0 N–H and O–H groups in total. The van der Waals surface area contributed by atoms with E-state index in [1.54, 1.807) is 18.2 Å². The summed E-state index contributed by atoms with van der Waals surface area (Å²) in [6, 6.07) is 15.0. The molecule has 0 bridgehead atoms. The Kier molecular flexibility index (Phi) is 3.80. The Morgan fingerprint density at radius 2 is 1.83 bits per heavy atom. The van der Waals surface area contributed by atoms with Gasteiger partial charge in [-0.05, 0) is 62.1 Å². The van der Waals surface area contributed by atoms with Crippen molar-refractivity contribution in [3.05, 3.63) is 65.2 Å². The van der Waals surface area contributed by atoms with Crippen molar-refractivity contribution < 1.29 is 8.76 Å². The molecule has 1 atom stereocenters. The van der Waals surface area contributed by atoms with E-state index in [1.165, 1.54) is 0 Å². The fourth-order valence-electron chi connectivity index (χ4n) is 1.81. The van der Waals surface area contributed by atoms with Crippen LogP contribution in [0.4, 0.5) is 0 Å². The molecule has 2 aromatic rings. The van der Waals surface area contributed by atoms with Crippen LogP contribution in [0.2, 0.25) is 0 Å². The van der Waals surface area contributed by atoms with Crippen molar-refractivity contribution in [3.8, 4) is 0 Å². The van der Waals surface area contributed by atoms with E-state index in [-0.39, 0.29) is 4.90 Å². The van der Waals surface area contributed by atoms with E-state index in [2.05, 4.69) is 11.2 Å². The van der Waals surface area contributed by atoms with Crippen molar-refractivity contribution in [2.75, 3.05) is 0 Å². The second-order valence-corrected chi connectivity index (χ2v) is 6.90. The van der Waals surface area contributed by atoms with Gasteiger partial charge < -0.3 is 4.55 Å². The van der Waals surface area contributed by atoms with E-state index in [1.807, 2.05) is 37.3 Å².